The highest BCUT2D eigenvalue weighted by atomic mass is 19.4. The predicted molar refractivity (Wildman–Crippen MR) is 101 cm³/mol. The van der Waals surface area contributed by atoms with E-state index in [2.05, 4.69) is 9.88 Å². The molecule has 0 unspecified atom stereocenters. The SMILES string of the molecule is O=C(CC1CC1)N1C[C@H]2CCC[C@@]2(COCc2ccccn2)C1.O=C(O)C(F)(F)F. The molecular formula is C21H27F3N2O4. The summed E-state index contributed by atoms with van der Waals surface area (Å²) in [4.78, 5) is 27.8. The molecule has 1 aliphatic heterocycles. The van der Waals surface area contributed by atoms with Crippen LogP contribution in [0.5, 0.6) is 0 Å². The summed E-state index contributed by atoms with van der Waals surface area (Å²) in [5.74, 6) is -1.06. The van der Waals surface area contributed by atoms with Gasteiger partial charge in [0.05, 0.1) is 18.9 Å². The molecule has 0 bridgehead atoms. The summed E-state index contributed by atoms with van der Waals surface area (Å²) in [5.41, 5.74) is 1.19. The molecule has 2 heterocycles. The first-order chi connectivity index (χ1) is 14.2. The molecule has 1 aromatic heterocycles. The number of amides is 1. The molecule has 1 N–H and O–H groups in total. The Kier molecular flexibility index (Phi) is 7.00. The zero-order valence-electron chi connectivity index (χ0n) is 16.7. The number of alkyl halides is 3. The topological polar surface area (TPSA) is 79.7 Å². The third kappa shape index (κ3) is 5.93. The van der Waals surface area contributed by atoms with Gasteiger partial charge in [-0.1, -0.05) is 12.5 Å². The van der Waals surface area contributed by atoms with Crippen LogP contribution in [-0.4, -0.2) is 52.7 Å². The lowest BCUT2D eigenvalue weighted by Gasteiger charge is -2.28. The zero-order valence-corrected chi connectivity index (χ0v) is 16.7. The van der Waals surface area contributed by atoms with E-state index >= 15 is 0 Å². The van der Waals surface area contributed by atoms with Crippen LogP contribution < -0.4 is 0 Å². The zero-order chi connectivity index (χ0) is 21.8. The summed E-state index contributed by atoms with van der Waals surface area (Å²) < 4.78 is 37.8. The molecule has 2 aliphatic carbocycles. The fourth-order valence-electron chi connectivity index (χ4n) is 4.38. The smallest absolute Gasteiger partial charge is 0.475 e. The molecule has 6 nitrogen and oxygen atoms in total. The number of rotatable bonds is 6. The van der Waals surface area contributed by atoms with Crippen LogP contribution in [0.15, 0.2) is 24.4 Å². The van der Waals surface area contributed by atoms with Crippen molar-refractivity contribution in [1.82, 2.24) is 9.88 Å². The third-order valence-electron chi connectivity index (χ3n) is 6.16. The second-order valence-corrected chi connectivity index (χ2v) is 8.49. The molecule has 1 amide bonds. The van der Waals surface area contributed by atoms with Gasteiger partial charge in [-0.25, -0.2) is 4.79 Å². The Labute approximate surface area is 173 Å². The minimum absolute atomic E-state index is 0.202. The molecule has 0 spiro atoms. The number of carboxylic acid groups (broad SMARTS) is 1. The Morgan fingerprint density at radius 3 is 2.60 bits per heavy atom. The predicted octanol–water partition coefficient (Wildman–Crippen LogP) is 3.66. The monoisotopic (exact) mass is 428 g/mol. The number of hydrogen-bond donors (Lipinski definition) is 1. The van der Waals surface area contributed by atoms with Crippen molar-refractivity contribution in [2.24, 2.45) is 17.3 Å². The molecule has 2 saturated carbocycles. The van der Waals surface area contributed by atoms with E-state index in [9.17, 15) is 18.0 Å². The molecule has 0 radical (unpaired) electrons. The standard InChI is InChI=1S/C19H26N2O2.C2HF3O2/c22-18(10-15-6-7-15)21-11-16-4-3-8-19(16,13-21)14-23-12-17-5-1-2-9-20-17;3-2(4,5)1(6)7/h1-2,5,9,15-16H,3-4,6-8,10-14H2;(H,6,7)/t16-,19+;/m1./s1. The number of halogens is 3. The average Bonchev–Trinajstić information content (AvgIpc) is 3.30. The number of carbonyl (C=O) groups excluding carboxylic acids is 1. The minimum Gasteiger partial charge on any atom is -0.475 e. The van der Waals surface area contributed by atoms with Crippen molar-refractivity contribution in [1.29, 1.82) is 0 Å². The van der Waals surface area contributed by atoms with Gasteiger partial charge in [-0.05, 0) is 49.7 Å². The summed E-state index contributed by atoms with van der Waals surface area (Å²) in [6.07, 6.45) is 3.74. The van der Waals surface area contributed by atoms with E-state index in [4.69, 9.17) is 14.6 Å². The summed E-state index contributed by atoms with van der Waals surface area (Å²) in [5, 5.41) is 7.12. The van der Waals surface area contributed by atoms with Crippen LogP contribution in [0.4, 0.5) is 13.2 Å². The van der Waals surface area contributed by atoms with E-state index < -0.39 is 12.1 Å². The number of aliphatic carboxylic acids is 1. The first kappa shape index (κ1) is 22.5. The van der Waals surface area contributed by atoms with Gasteiger partial charge in [-0.3, -0.25) is 9.78 Å². The van der Waals surface area contributed by atoms with Crippen LogP contribution in [0.3, 0.4) is 0 Å². The van der Waals surface area contributed by atoms with Crippen molar-refractivity contribution in [3.8, 4) is 0 Å². The molecule has 1 saturated heterocycles. The van der Waals surface area contributed by atoms with Crippen LogP contribution in [0.1, 0.15) is 44.2 Å². The minimum atomic E-state index is -5.08. The molecule has 4 rings (SSSR count). The highest BCUT2D eigenvalue weighted by molar-refractivity contribution is 5.77. The Morgan fingerprint density at radius 2 is 2.00 bits per heavy atom. The van der Waals surface area contributed by atoms with Gasteiger partial charge in [0.1, 0.15) is 0 Å². The molecular weight excluding hydrogens is 401 g/mol. The van der Waals surface area contributed by atoms with Gasteiger partial charge >= 0.3 is 12.1 Å². The maximum absolute atomic E-state index is 12.4. The first-order valence-electron chi connectivity index (χ1n) is 10.3. The molecule has 30 heavy (non-hydrogen) atoms. The number of ether oxygens (including phenoxy) is 1. The van der Waals surface area contributed by atoms with Crippen molar-refractivity contribution in [3.63, 3.8) is 0 Å². The van der Waals surface area contributed by atoms with Crippen LogP contribution in [0.25, 0.3) is 0 Å². The number of carboxylic acids is 1. The van der Waals surface area contributed by atoms with Crippen LogP contribution >= 0.6 is 0 Å². The second-order valence-electron chi connectivity index (χ2n) is 8.49. The fourth-order valence-corrected chi connectivity index (χ4v) is 4.38. The van der Waals surface area contributed by atoms with Crippen molar-refractivity contribution in [3.05, 3.63) is 30.1 Å². The van der Waals surface area contributed by atoms with Crippen molar-refractivity contribution in [2.75, 3.05) is 19.7 Å². The van der Waals surface area contributed by atoms with E-state index in [1.165, 1.54) is 32.1 Å². The van der Waals surface area contributed by atoms with Gasteiger partial charge in [0.25, 0.3) is 0 Å². The normalized spacial score (nSPS) is 25.4. The molecule has 2 atom stereocenters. The van der Waals surface area contributed by atoms with Gasteiger partial charge < -0.3 is 14.7 Å². The van der Waals surface area contributed by atoms with Crippen molar-refractivity contribution in [2.45, 2.75) is 51.3 Å². The van der Waals surface area contributed by atoms with E-state index in [-0.39, 0.29) is 5.41 Å². The van der Waals surface area contributed by atoms with E-state index in [0.717, 1.165) is 31.8 Å². The second kappa shape index (κ2) is 9.32. The van der Waals surface area contributed by atoms with Crippen molar-refractivity contribution >= 4 is 11.9 Å². The van der Waals surface area contributed by atoms with E-state index in [1.807, 2.05) is 24.4 Å². The van der Waals surface area contributed by atoms with Crippen molar-refractivity contribution < 1.29 is 32.6 Å². The number of hydrogen-bond acceptors (Lipinski definition) is 4. The average molecular weight is 428 g/mol. The molecule has 3 aliphatic rings. The number of nitrogens with zero attached hydrogens (tertiary/aromatic N) is 2. The first-order valence-corrected chi connectivity index (χ1v) is 10.3. The quantitative estimate of drug-likeness (QED) is 0.748. The molecule has 9 heteroatoms. The lowest BCUT2D eigenvalue weighted by Crippen LogP contribution is -2.34. The molecule has 0 aromatic carbocycles. The van der Waals surface area contributed by atoms with Gasteiger partial charge in [0, 0.05) is 31.1 Å². The summed E-state index contributed by atoms with van der Waals surface area (Å²) in [6, 6.07) is 5.93. The van der Waals surface area contributed by atoms with Crippen LogP contribution in [0, 0.1) is 17.3 Å². The molecule has 166 valence electrons. The van der Waals surface area contributed by atoms with Gasteiger partial charge in [0.2, 0.25) is 5.91 Å². The number of likely N-dealkylation sites (tertiary alicyclic amines) is 1. The van der Waals surface area contributed by atoms with Gasteiger partial charge in [-0.2, -0.15) is 13.2 Å². The highest BCUT2D eigenvalue weighted by Gasteiger charge is 2.50. The largest absolute Gasteiger partial charge is 0.490 e. The number of pyridine rings is 1. The Morgan fingerprint density at radius 1 is 1.27 bits per heavy atom. The van der Waals surface area contributed by atoms with Crippen LogP contribution in [-0.2, 0) is 20.9 Å². The fraction of sp³-hybridized carbons (Fsp3) is 0.667. The number of fused-ring (bicyclic) bond motifs is 1. The summed E-state index contributed by atoms with van der Waals surface area (Å²) in [6.45, 7) is 3.21. The summed E-state index contributed by atoms with van der Waals surface area (Å²) in [7, 11) is 0. The van der Waals surface area contributed by atoms with Gasteiger partial charge in [0.15, 0.2) is 0 Å². The van der Waals surface area contributed by atoms with Crippen LogP contribution in [0.2, 0.25) is 0 Å². The van der Waals surface area contributed by atoms with Gasteiger partial charge in [-0.15, -0.1) is 0 Å². The van der Waals surface area contributed by atoms with E-state index in [1.54, 1.807) is 0 Å². The number of carbonyl (C=O) groups is 2. The maximum atomic E-state index is 12.4. The lowest BCUT2D eigenvalue weighted by atomic mass is 9.81. The summed E-state index contributed by atoms with van der Waals surface area (Å²) >= 11 is 0. The molecule has 1 aromatic rings. The van der Waals surface area contributed by atoms with E-state index in [0.29, 0.717) is 24.3 Å². The highest BCUT2D eigenvalue weighted by Crippen LogP contribution is 2.49. The Balaban J connectivity index is 0.000000318. The lowest BCUT2D eigenvalue weighted by molar-refractivity contribution is -0.192. The Bertz CT molecular complexity index is 740. The maximum Gasteiger partial charge on any atom is 0.490 e. The number of aromatic nitrogens is 1. The third-order valence-corrected chi connectivity index (χ3v) is 6.16. The molecule has 3 fully saturated rings. The Hall–Kier alpha value is -2.16.